The van der Waals surface area contributed by atoms with Gasteiger partial charge in [0.1, 0.15) is 5.75 Å². The number of hydrogen-bond donors (Lipinski definition) is 1. The summed E-state index contributed by atoms with van der Waals surface area (Å²) in [6.07, 6.45) is 5.85. The maximum Gasteiger partial charge on any atom is 0.119 e. The second-order valence-corrected chi connectivity index (χ2v) is 4.98. The fourth-order valence-corrected chi connectivity index (χ4v) is 2.45. The summed E-state index contributed by atoms with van der Waals surface area (Å²) in [5, 5.41) is 10.1. The highest BCUT2D eigenvalue weighted by atomic mass is 16.3. The third-order valence-corrected chi connectivity index (χ3v) is 3.52. The Balaban J connectivity index is 2.21. The zero-order chi connectivity index (χ0) is 13.5. The minimum Gasteiger partial charge on any atom is -0.508 e. The number of unbranched alkanes of at least 4 members (excludes halogenated alkanes) is 3. The lowest BCUT2D eigenvalue weighted by atomic mass is 9.95. The Morgan fingerprint density at radius 3 is 2.37 bits per heavy atom. The van der Waals surface area contributed by atoms with Gasteiger partial charge in [0.05, 0.1) is 0 Å². The van der Waals surface area contributed by atoms with Crippen molar-refractivity contribution in [3.8, 4) is 16.9 Å². The second-order valence-electron chi connectivity index (χ2n) is 4.98. The average molecular weight is 254 g/mol. The Morgan fingerprint density at radius 1 is 0.842 bits per heavy atom. The van der Waals surface area contributed by atoms with Crippen LogP contribution in [0.1, 0.15) is 38.2 Å². The van der Waals surface area contributed by atoms with Gasteiger partial charge in [-0.25, -0.2) is 0 Å². The van der Waals surface area contributed by atoms with Crippen LogP contribution in [0.3, 0.4) is 0 Å². The smallest absolute Gasteiger partial charge is 0.119 e. The van der Waals surface area contributed by atoms with E-state index >= 15 is 0 Å². The van der Waals surface area contributed by atoms with Crippen molar-refractivity contribution in [2.75, 3.05) is 0 Å². The zero-order valence-corrected chi connectivity index (χ0v) is 11.6. The summed E-state index contributed by atoms with van der Waals surface area (Å²) in [6.45, 7) is 2.22. The van der Waals surface area contributed by atoms with Crippen LogP contribution in [0.4, 0.5) is 0 Å². The van der Waals surface area contributed by atoms with Gasteiger partial charge in [-0.05, 0) is 30.0 Å². The summed E-state index contributed by atoms with van der Waals surface area (Å²) in [7, 11) is 0. The molecule has 0 saturated heterocycles. The van der Waals surface area contributed by atoms with Gasteiger partial charge in [-0.1, -0.05) is 68.7 Å². The first-order valence-corrected chi connectivity index (χ1v) is 7.19. The molecule has 2 aromatic rings. The van der Waals surface area contributed by atoms with Crippen molar-refractivity contribution in [1.82, 2.24) is 0 Å². The van der Waals surface area contributed by atoms with Gasteiger partial charge in [0, 0.05) is 5.56 Å². The monoisotopic (exact) mass is 254 g/mol. The quantitative estimate of drug-likeness (QED) is 0.704. The molecule has 1 nitrogen and oxygen atoms in total. The first-order valence-electron chi connectivity index (χ1n) is 7.19. The fourth-order valence-electron chi connectivity index (χ4n) is 2.45. The second kappa shape index (κ2) is 6.98. The maximum atomic E-state index is 10.1. The lowest BCUT2D eigenvalue weighted by Crippen LogP contribution is -1.92. The molecule has 0 unspecified atom stereocenters. The first kappa shape index (κ1) is 13.7. The number of rotatable bonds is 6. The summed E-state index contributed by atoms with van der Waals surface area (Å²) in [4.78, 5) is 0. The number of phenolic OH excluding ortho intramolecular Hbond substituents is 1. The summed E-state index contributed by atoms with van der Waals surface area (Å²) in [5.74, 6) is 0.429. The molecule has 100 valence electrons. The predicted molar refractivity (Wildman–Crippen MR) is 81.4 cm³/mol. The van der Waals surface area contributed by atoms with Crippen molar-refractivity contribution in [1.29, 1.82) is 0 Å². The summed E-state index contributed by atoms with van der Waals surface area (Å²) in [5.41, 5.74) is 3.44. The Kier molecular flexibility index (Phi) is 5.02. The minimum atomic E-state index is 0.429. The molecule has 0 saturated carbocycles. The van der Waals surface area contributed by atoms with Crippen LogP contribution in [0.2, 0.25) is 0 Å². The van der Waals surface area contributed by atoms with Crippen LogP contribution < -0.4 is 0 Å². The van der Waals surface area contributed by atoms with Crippen LogP contribution in [0.15, 0.2) is 48.5 Å². The van der Waals surface area contributed by atoms with Crippen LogP contribution in [-0.2, 0) is 6.42 Å². The van der Waals surface area contributed by atoms with E-state index in [-0.39, 0.29) is 0 Å². The van der Waals surface area contributed by atoms with Crippen molar-refractivity contribution >= 4 is 0 Å². The molecule has 0 aromatic heterocycles. The molecule has 0 aliphatic heterocycles. The molecule has 0 atom stereocenters. The van der Waals surface area contributed by atoms with E-state index in [1.165, 1.54) is 24.8 Å². The molecule has 0 heterocycles. The highest BCUT2D eigenvalue weighted by Crippen LogP contribution is 2.31. The van der Waals surface area contributed by atoms with Gasteiger partial charge in [0.25, 0.3) is 0 Å². The minimum absolute atomic E-state index is 0.429. The molecule has 0 radical (unpaired) electrons. The Morgan fingerprint density at radius 2 is 1.63 bits per heavy atom. The maximum absolute atomic E-state index is 10.1. The van der Waals surface area contributed by atoms with Gasteiger partial charge in [0.2, 0.25) is 0 Å². The van der Waals surface area contributed by atoms with Crippen molar-refractivity contribution in [2.24, 2.45) is 0 Å². The third-order valence-electron chi connectivity index (χ3n) is 3.52. The van der Waals surface area contributed by atoms with E-state index in [4.69, 9.17) is 0 Å². The SMILES string of the molecule is CCCCCCc1c(O)cccc1-c1ccccc1. The van der Waals surface area contributed by atoms with Gasteiger partial charge < -0.3 is 5.11 Å². The van der Waals surface area contributed by atoms with Crippen molar-refractivity contribution in [3.05, 3.63) is 54.1 Å². The van der Waals surface area contributed by atoms with Gasteiger partial charge in [-0.15, -0.1) is 0 Å². The largest absolute Gasteiger partial charge is 0.508 e. The number of hydrogen-bond acceptors (Lipinski definition) is 1. The van der Waals surface area contributed by atoms with Crippen LogP contribution in [-0.4, -0.2) is 5.11 Å². The van der Waals surface area contributed by atoms with Crippen molar-refractivity contribution < 1.29 is 5.11 Å². The third kappa shape index (κ3) is 3.60. The highest BCUT2D eigenvalue weighted by molar-refractivity contribution is 5.69. The molecule has 0 amide bonds. The first-order chi connectivity index (χ1) is 9.33. The van der Waals surface area contributed by atoms with Crippen LogP contribution in [0.25, 0.3) is 11.1 Å². The standard InChI is InChI=1S/C18H22O/c1-2-3-4-8-12-17-16(13-9-14-18(17)19)15-10-6-5-7-11-15/h5-7,9-11,13-14,19H,2-4,8,12H2,1H3. The topological polar surface area (TPSA) is 20.2 Å². The molecule has 1 heteroatoms. The molecule has 2 aromatic carbocycles. The molecule has 1 N–H and O–H groups in total. The Labute approximate surface area is 115 Å². The molecular formula is C18H22O. The van der Waals surface area contributed by atoms with Crippen molar-refractivity contribution in [3.63, 3.8) is 0 Å². The molecule has 0 bridgehead atoms. The molecule has 0 fully saturated rings. The van der Waals surface area contributed by atoms with Crippen LogP contribution in [0, 0.1) is 0 Å². The van der Waals surface area contributed by atoms with E-state index in [0.717, 1.165) is 24.0 Å². The summed E-state index contributed by atoms with van der Waals surface area (Å²) < 4.78 is 0. The molecule has 0 spiro atoms. The zero-order valence-electron chi connectivity index (χ0n) is 11.6. The lowest BCUT2D eigenvalue weighted by Gasteiger charge is -2.11. The summed E-state index contributed by atoms with van der Waals surface area (Å²) >= 11 is 0. The Hall–Kier alpha value is -1.76. The van der Waals surface area contributed by atoms with E-state index in [2.05, 4.69) is 25.1 Å². The summed E-state index contributed by atoms with van der Waals surface area (Å²) in [6, 6.07) is 16.1. The molecule has 19 heavy (non-hydrogen) atoms. The Bertz CT molecular complexity index is 502. The molecule has 0 aliphatic carbocycles. The number of phenols is 1. The van der Waals surface area contributed by atoms with Gasteiger partial charge in [0.15, 0.2) is 0 Å². The van der Waals surface area contributed by atoms with Gasteiger partial charge >= 0.3 is 0 Å². The highest BCUT2D eigenvalue weighted by Gasteiger charge is 2.08. The molecule has 0 aliphatic rings. The average Bonchev–Trinajstić information content (AvgIpc) is 2.46. The molecule has 2 rings (SSSR count). The van der Waals surface area contributed by atoms with E-state index < -0.39 is 0 Å². The van der Waals surface area contributed by atoms with Crippen LogP contribution in [0.5, 0.6) is 5.75 Å². The normalized spacial score (nSPS) is 10.6. The van der Waals surface area contributed by atoms with Crippen molar-refractivity contribution in [2.45, 2.75) is 39.0 Å². The van der Waals surface area contributed by atoms with Gasteiger partial charge in [-0.3, -0.25) is 0 Å². The fraction of sp³-hybridized carbons (Fsp3) is 0.333. The number of benzene rings is 2. The van der Waals surface area contributed by atoms with Crippen LogP contribution >= 0.6 is 0 Å². The van der Waals surface area contributed by atoms with E-state index in [1.54, 1.807) is 6.07 Å². The van der Waals surface area contributed by atoms with E-state index in [9.17, 15) is 5.11 Å². The predicted octanol–water partition coefficient (Wildman–Crippen LogP) is 5.18. The number of aromatic hydroxyl groups is 1. The molecular weight excluding hydrogens is 232 g/mol. The lowest BCUT2D eigenvalue weighted by molar-refractivity contribution is 0.466. The van der Waals surface area contributed by atoms with E-state index in [0.29, 0.717) is 5.75 Å². The van der Waals surface area contributed by atoms with E-state index in [1.807, 2.05) is 24.3 Å². The van der Waals surface area contributed by atoms with Gasteiger partial charge in [-0.2, -0.15) is 0 Å².